The summed E-state index contributed by atoms with van der Waals surface area (Å²) in [6, 6.07) is 25.2. The zero-order valence-electron chi connectivity index (χ0n) is 20.1. The molecule has 0 saturated heterocycles. The molecule has 0 spiro atoms. The summed E-state index contributed by atoms with van der Waals surface area (Å²) in [6.07, 6.45) is -4.41. The number of hydrogen-bond donors (Lipinski definition) is 2. The fourth-order valence-corrected chi connectivity index (χ4v) is 4.24. The number of nitrogens with one attached hydrogen (secondary N) is 2. The van der Waals surface area contributed by atoms with Crippen LogP contribution in [0.3, 0.4) is 0 Å². The molecule has 1 heterocycles. The molecule has 4 aromatic rings. The maximum atomic E-state index is 13.1. The number of anilines is 1. The fraction of sp³-hybridized carbons (Fsp3) is 0.0690. The number of carbonyl (C=O) groups excluding carboxylic acids is 1. The summed E-state index contributed by atoms with van der Waals surface area (Å²) in [6.45, 7) is 0.292. The number of hydrazine groups is 1. The highest BCUT2D eigenvalue weighted by Gasteiger charge is 2.30. The highest BCUT2D eigenvalue weighted by Crippen LogP contribution is 2.33. The van der Waals surface area contributed by atoms with E-state index < -0.39 is 11.7 Å². The van der Waals surface area contributed by atoms with Gasteiger partial charge in [-0.1, -0.05) is 47.5 Å². The number of urea groups is 1. The van der Waals surface area contributed by atoms with Gasteiger partial charge in [0.05, 0.1) is 17.8 Å². The predicted octanol–water partition coefficient (Wildman–Crippen LogP) is 8.73. The highest BCUT2D eigenvalue weighted by molar-refractivity contribution is 6.31. The molecule has 39 heavy (non-hydrogen) atoms. The molecule has 0 fully saturated rings. The lowest BCUT2D eigenvalue weighted by atomic mass is 10.0. The van der Waals surface area contributed by atoms with Gasteiger partial charge >= 0.3 is 12.2 Å². The van der Waals surface area contributed by atoms with Crippen LogP contribution in [0.25, 0.3) is 11.3 Å². The van der Waals surface area contributed by atoms with Crippen molar-refractivity contribution >= 4 is 46.2 Å². The Bertz CT molecular complexity index is 1450. The van der Waals surface area contributed by atoms with Crippen molar-refractivity contribution in [3.05, 3.63) is 124 Å². The van der Waals surface area contributed by atoms with Crippen LogP contribution in [0.4, 0.5) is 23.7 Å². The van der Waals surface area contributed by atoms with Crippen LogP contribution in [0.2, 0.25) is 10.0 Å². The number of ether oxygens (including phenoxy) is 1. The number of alkyl halides is 3. The van der Waals surface area contributed by atoms with E-state index in [4.69, 9.17) is 27.9 Å². The van der Waals surface area contributed by atoms with E-state index in [1.165, 1.54) is 17.1 Å². The molecule has 5 rings (SSSR count). The van der Waals surface area contributed by atoms with Crippen molar-refractivity contribution in [2.24, 2.45) is 0 Å². The van der Waals surface area contributed by atoms with Gasteiger partial charge in [0.2, 0.25) is 0 Å². The van der Waals surface area contributed by atoms with Gasteiger partial charge < -0.3 is 10.1 Å². The summed E-state index contributed by atoms with van der Waals surface area (Å²) < 4.78 is 43.9. The normalized spacial score (nSPS) is 13.3. The largest absolute Gasteiger partial charge is 0.457 e. The van der Waals surface area contributed by atoms with Crippen molar-refractivity contribution in [2.75, 3.05) is 11.9 Å². The predicted molar refractivity (Wildman–Crippen MR) is 147 cm³/mol. The summed E-state index contributed by atoms with van der Waals surface area (Å²) in [5.41, 5.74) is 6.40. The molecule has 0 bridgehead atoms. The van der Waals surface area contributed by atoms with Gasteiger partial charge in [0.1, 0.15) is 11.5 Å². The van der Waals surface area contributed by atoms with Crippen molar-refractivity contribution in [3.63, 3.8) is 0 Å². The molecule has 1 aliphatic heterocycles. The third kappa shape index (κ3) is 6.30. The highest BCUT2D eigenvalue weighted by atomic mass is 35.5. The van der Waals surface area contributed by atoms with Gasteiger partial charge in [-0.05, 0) is 83.9 Å². The van der Waals surface area contributed by atoms with E-state index in [0.29, 0.717) is 28.0 Å². The number of halogens is 5. The Hall–Kier alpha value is -4.14. The molecule has 0 saturated carbocycles. The number of rotatable bonds is 5. The van der Waals surface area contributed by atoms with Crippen LogP contribution >= 0.6 is 23.2 Å². The minimum atomic E-state index is -4.41. The summed E-state index contributed by atoms with van der Waals surface area (Å²) in [4.78, 5) is 13.1. The fourth-order valence-electron chi connectivity index (χ4n) is 3.99. The van der Waals surface area contributed by atoms with Crippen molar-refractivity contribution in [2.45, 2.75) is 6.18 Å². The quantitative estimate of drug-likeness (QED) is 0.252. The van der Waals surface area contributed by atoms with Crippen molar-refractivity contribution in [1.82, 2.24) is 10.4 Å². The summed E-state index contributed by atoms with van der Waals surface area (Å²) >= 11 is 12.1. The van der Waals surface area contributed by atoms with Gasteiger partial charge in [0.25, 0.3) is 0 Å². The maximum absolute atomic E-state index is 13.1. The van der Waals surface area contributed by atoms with E-state index in [0.717, 1.165) is 34.5 Å². The van der Waals surface area contributed by atoms with Gasteiger partial charge in [-0.3, -0.25) is 5.43 Å². The minimum Gasteiger partial charge on any atom is -0.457 e. The smallest absolute Gasteiger partial charge is 0.416 e. The first-order valence-corrected chi connectivity index (χ1v) is 12.5. The zero-order chi connectivity index (χ0) is 27.6. The number of nitrogens with zero attached hydrogens (tertiary/aromatic N) is 1. The molecule has 0 unspecified atom stereocenters. The molecular formula is C29H20Cl2F3N3O2. The molecular weight excluding hydrogens is 550 g/mol. The summed E-state index contributed by atoms with van der Waals surface area (Å²) in [5, 5.41) is 5.51. The van der Waals surface area contributed by atoms with Crippen LogP contribution < -0.4 is 15.5 Å². The van der Waals surface area contributed by atoms with Crippen LogP contribution in [0.5, 0.6) is 11.5 Å². The molecule has 5 nitrogen and oxygen atoms in total. The second-order valence-electron chi connectivity index (χ2n) is 8.64. The molecule has 2 N–H and O–H groups in total. The zero-order valence-corrected chi connectivity index (χ0v) is 21.6. The molecule has 1 aliphatic rings. The SMILES string of the molecule is O=C(Nc1ccc(Oc2ccc(C(F)(F)F)cc2)cc1)N1CC(c2ccc(Cl)cc2)=C(c2ccc(Cl)cc2)N1. The lowest BCUT2D eigenvalue weighted by Crippen LogP contribution is -2.40. The molecule has 4 aromatic carbocycles. The third-order valence-electron chi connectivity index (χ3n) is 5.96. The number of benzene rings is 4. The Kier molecular flexibility index (Phi) is 7.41. The van der Waals surface area contributed by atoms with Crippen molar-refractivity contribution < 1.29 is 22.7 Å². The average molecular weight is 570 g/mol. The topological polar surface area (TPSA) is 53.6 Å². The van der Waals surface area contributed by atoms with E-state index in [9.17, 15) is 18.0 Å². The molecule has 2 amide bonds. The molecule has 0 atom stereocenters. The van der Waals surface area contributed by atoms with E-state index in [1.54, 1.807) is 48.5 Å². The Balaban J connectivity index is 1.27. The first kappa shape index (κ1) is 26.5. The Morgan fingerprint density at radius 2 is 1.28 bits per heavy atom. The monoisotopic (exact) mass is 569 g/mol. The molecule has 0 radical (unpaired) electrons. The van der Waals surface area contributed by atoms with Crippen LogP contribution in [-0.2, 0) is 6.18 Å². The van der Waals surface area contributed by atoms with Crippen LogP contribution in [0, 0.1) is 0 Å². The number of carbonyl (C=O) groups is 1. The van der Waals surface area contributed by atoms with Crippen molar-refractivity contribution in [1.29, 1.82) is 0 Å². The lowest BCUT2D eigenvalue weighted by molar-refractivity contribution is -0.137. The van der Waals surface area contributed by atoms with E-state index in [-0.39, 0.29) is 11.8 Å². The first-order valence-electron chi connectivity index (χ1n) is 11.7. The second-order valence-corrected chi connectivity index (χ2v) is 9.52. The van der Waals surface area contributed by atoms with E-state index in [2.05, 4.69) is 10.7 Å². The van der Waals surface area contributed by atoms with Crippen molar-refractivity contribution in [3.8, 4) is 11.5 Å². The van der Waals surface area contributed by atoms with Crippen LogP contribution in [0.1, 0.15) is 16.7 Å². The van der Waals surface area contributed by atoms with Gasteiger partial charge in [-0.25, -0.2) is 9.80 Å². The third-order valence-corrected chi connectivity index (χ3v) is 6.46. The van der Waals surface area contributed by atoms with Crippen LogP contribution in [0.15, 0.2) is 97.1 Å². The minimum absolute atomic E-state index is 0.261. The lowest BCUT2D eigenvalue weighted by Gasteiger charge is -2.19. The van der Waals surface area contributed by atoms with Crippen LogP contribution in [-0.4, -0.2) is 17.6 Å². The van der Waals surface area contributed by atoms with E-state index in [1.807, 2.05) is 24.3 Å². The Morgan fingerprint density at radius 3 is 1.82 bits per heavy atom. The number of amides is 2. The van der Waals surface area contributed by atoms with Gasteiger partial charge in [-0.15, -0.1) is 0 Å². The first-order chi connectivity index (χ1) is 18.7. The molecule has 0 aliphatic carbocycles. The average Bonchev–Trinajstić information content (AvgIpc) is 3.36. The van der Waals surface area contributed by atoms with E-state index >= 15 is 0 Å². The summed E-state index contributed by atoms with van der Waals surface area (Å²) in [7, 11) is 0. The van der Waals surface area contributed by atoms with Gasteiger partial charge in [0.15, 0.2) is 0 Å². The van der Waals surface area contributed by atoms with Gasteiger partial charge in [0, 0.05) is 21.3 Å². The second kappa shape index (κ2) is 10.9. The molecule has 198 valence electrons. The summed E-state index contributed by atoms with van der Waals surface area (Å²) in [5.74, 6) is 0.667. The number of hydrogen-bond acceptors (Lipinski definition) is 3. The maximum Gasteiger partial charge on any atom is 0.416 e. The molecule has 0 aromatic heterocycles. The standard InChI is InChI=1S/C29H20Cl2F3N3O2/c30-21-7-1-18(2-8-21)26-17-37(36-27(26)19-3-9-22(31)10-4-19)28(38)35-23-11-15-25(16-12-23)39-24-13-5-20(6-14-24)29(32,33)34/h1-16,36H,17H2,(H,35,38). The Morgan fingerprint density at radius 1 is 0.769 bits per heavy atom. The van der Waals surface area contributed by atoms with Gasteiger partial charge in [-0.2, -0.15) is 13.2 Å². The Labute approximate surface area is 232 Å². The molecule has 10 heteroatoms.